The van der Waals surface area contributed by atoms with Crippen molar-refractivity contribution < 1.29 is 13.2 Å². The minimum Gasteiger partial charge on any atom is -0.349 e. The Balaban J connectivity index is 1.59. The van der Waals surface area contributed by atoms with Gasteiger partial charge in [-0.3, -0.25) is 9.52 Å². The number of hydrogen-bond acceptors (Lipinski definition) is 5. The van der Waals surface area contributed by atoms with Crippen molar-refractivity contribution in [2.45, 2.75) is 50.0 Å². The van der Waals surface area contributed by atoms with Gasteiger partial charge in [0.25, 0.3) is 15.9 Å². The van der Waals surface area contributed by atoms with E-state index in [1.54, 1.807) is 18.3 Å². The maximum Gasteiger partial charge on any atom is 0.263 e. The highest BCUT2D eigenvalue weighted by Gasteiger charge is 2.21. The Morgan fingerprint density at radius 1 is 1.17 bits per heavy atom. The molecular weight excluding hydrogens is 390 g/mol. The molecule has 4 rings (SSSR count). The first-order valence-corrected chi connectivity index (χ1v) is 11.2. The van der Waals surface area contributed by atoms with E-state index in [0.29, 0.717) is 11.2 Å². The van der Waals surface area contributed by atoms with Gasteiger partial charge in [-0.25, -0.2) is 17.9 Å². The van der Waals surface area contributed by atoms with Crippen molar-refractivity contribution in [3.63, 3.8) is 0 Å². The van der Waals surface area contributed by atoms with Crippen LogP contribution in [0.3, 0.4) is 0 Å². The number of carbonyl (C=O) groups excluding carboxylic acids is 1. The number of rotatable bonds is 5. The van der Waals surface area contributed by atoms with E-state index in [2.05, 4.69) is 20.1 Å². The quantitative estimate of drug-likeness (QED) is 0.669. The molecule has 1 fully saturated rings. The van der Waals surface area contributed by atoms with Crippen LogP contribution < -0.4 is 10.0 Å². The second-order valence-corrected chi connectivity index (χ2v) is 9.05. The molecule has 1 amide bonds. The van der Waals surface area contributed by atoms with Crippen molar-refractivity contribution in [2.24, 2.45) is 0 Å². The lowest BCUT2D eigenvalue weighted by Crippen LogP contribution is -2.36. The summed E-state index contributed by atoms with van der Waals surface area (Å²) in [5.41, 5.74) is 1.48. The van der Waals surface area contributed by atoms with Crippen molar-refractivity contribution >= 4 is 27.4 Å². The molecule has 1 aliphatic rings. The Kier molecular flexibility index (Phi) is 5.23. The van der Waals surface area contributed by atoms with Crippen molar-refractivity contribution in [1.82, 2.24) is 19.9 Å². The van der Waals surface area contributed by atoms with Crippen molar-refractivity contribution in [1.29, 1.82) is 0 Å². The second kappa shape index (κ2) is 7.82. The fraction of sp³-hybridized carbons (Fsp3) is 0.350. The summed E-state index contributed by atoms with van der Waals surface area (Å²) >= 11 is 0. The van der Waals surface area contributed by atoms with E-state index in [4.69, 9.17) is 0 Å². The molecular formula is C20H23N5O3S. The van der Waals surface area contributed by atoms with Gasteiger partial charge in [0.2, 0.25) is 0 Å². The Labute approximate surface area is 169 Å². The van der Waals surface area contributed by atoms with Gasteiger partial charge < -0.3 is 5.32 Å². The number of aryl methyl sites for hydroxylation is 1. The summed E-state index contributed by atoms with van der Waals surface area (Å²) in [6.45, 7) is 1.83. The molecule has 29 heavy (non-hydrogen) atoms. The van der Waals surface area contributed by atoms with Gasteiger partial charge in [-0.15, -0.1) is 0 Å². The lowest BCUT2D eigenvalue weighted by atomic mass is 9.95. The van der Waals surface area contributed by atoms with Crippen LogP contribution in [0.1, 0.15) is 48.0 Å². The Bertz CT molecular complexity index is 1150. The summed E-state index contributed by atoms with van der Waals surface area (Å²) in [5.74, 6) is -0.107. The fourth-order valence-electron chi connectivity index (χ4n) is 3.58. The van der Waals surface area contributed by atoms with Gasteiger partial charge in [-0.2, -0.15) is 5.10 Å². The van der Waals surface area contributed by atoms with E-state index in [9.17, 15) is 13.2 Å². The highest BCUT2D eigenvalue weighted by molar-refractivity contribution is 7.92. The maximum atomic E-state index is 12.7. The van der Waals surface area contributed by atoms with Gasteiger partial charge in [-0.1, -0.05) is 31.4 Å². The van der Waals surface area contributed by atoms with Gasteiger partial charge >= 0.3 is 0 Å². The number of hydrogen-bond donors (Lipinski definition) is 2. The minimum atomic E-state index is -3.79. The maximum absolute atomic E-state index is 12.7. The van der Waals surface area contributed by atoms with Crippen molar-refractivity contribution in [3.05, 3.63) is 53.9 Å². The molecule has 1 saturated carbocycles. The summed E-state index contributed by atoms with van der Waals surface area (Å²) in [6, 6.07) is 8.29. The molecule has 152 valence electrons. The molecule has 3 aromatic rings. The summed E-state index contributed by atoms with van der Waals surface area (Å²) in [6.07, 6.45) is 8.41. The molecule has 9 heteroatoms. The molecule has 1 aliphatic carbocycles. The Morgan fingerprint density at radius 3 is 2.72 bits per heavy atom. The van der Waals surface area contributed by atoms with E-state index < -0.39 is 10.0 Å². The van der Waals surface area contributed by atoms with Gasteiger partial charge in [0, 0.05) is 12.2 Å². The molecule has 1 aromatic carbocycles. The normalized spacial score (nSPS) is 15.3. The molecule has 0 atom stereocenters. The SMILES string of the molecule is Cc1cccc(S(=O)(=O)Nc2ccn3ncc(C(=O)NC4CCCCC4)c3n2)c1. The van der Waals surface area contributed by atoms with Crippen LogP contribution >= 0.6 is 0 Å². The van der Waals surface area contributed by atoms with Gasteiger partial charge in [-0.05, 0) is 43.5 Å². The van der Waals surface area contributed by atoms with Crippen LogP contribution in [0.25, 0.3) is 5.65 Å². The first-order chi connectivity index (χ1) is 13.9. The summed E-state index contributed by atoms with van der Waals surface area (Å²) in [5, 5.41) is 7.20. The van der Waals surface area contributed by atoms with Crippen LogP contribution in [0.4, 0.5) is 5.82 Å². The largest absolute Gasteiger partial charge is 0.349 e. The number of aromatic nitrogens is 3. The van der Waals surface area contributed by atoms with E-state index in [0.717, 1.165) is 31.2 Å². The number of carbonyl (C=O) groups is 1. The van der Waals surface area contributed by atoms with Crippen LogP contribution in [0, 0.1) is 6.92 Å². The zero-order chi connectivity index (χ0) is 20.4. The summed E-state index contributed by atoms with van der Waals surface area (Å²) < 4.78 is 29.3. The lowest BCUT2D eigenvalue weighted by Gasteiger charge is -2.22. The zero-order valence-corrected chi connectivity index (χ0v) is 16.9. The Morgan fingerprint density at radius 2 is 1.97 bits per heavy atom. The van der Waals surface area contributed by atoms with E-state index in [-0.39, 0.29) is 22.7 Å². The number of nitrogens with zero attached hydrogens (tertiary/aromatic N) is 3. The Hall–Kier alpha value is -2.94. The summed E-state index contributed by atoms with van der Waals surface area (Å²) in [7, 11) is -3.79. The smallest absolute Gasteiger partial charge is 0.263 e. The molecule has 0 radical (unpaired) electrons. The van der Waals surface area contributed by atoms with Crippen molar-refractivity contribution in [2.75, 3.05) is 4.72 Å². The summed E-state index contributed by atoms with van der Waals surface area (Å²) in [4.78, 5) is 17.2. The fourth-order valence-corrected chi connectivity index (χ4v) is 4.68. The molecule has 2 heterocycles. The van der Waals surface area contributed by atoms with Crippen molar-refractivity contribution in [3.8, 4) is 0 Å². The van der Waals surface area contributed by atoms with Gasteiger partial charge in [0.15, 0.2) is 5.65 Å². The van der Waals surface area contributed by atoms with Crippen LogP contribution in [0.15, 0.2) is 47.6 Å². The van der Waals surface area contributed by atoms with Crippen LogP contribution in [0.5, 0.6) is 0 Å². The highest BCUT2D eigenvalue weighted by Crippen LogP contribution is 2.20. The van der Waals surface area contributed by atoms with E-state index in [1.807, 2.05) is 13.0 Å². The third-order valence-electron chi connectivity index (χ3n) is 5.09. The van der Waals surface area contributed by atoms with Crippen LogP contribution in [-0.2, 0) is 10.0 Å². The number of amides is 1. The standard InChI is InChI=1S/C20H23N5O3S/c1-14-6-5-9-16(12-14)29(27,28)24-18-10-11-25-19(23-18)17(13-21-25)20(26)22-15-7-3-2-4-8-15/h5-6,9-13,15H,2-4,7-8H2,1H3,(H,22,26)(H,23,24). The van der Waals surface area contributed by atoms with E-state index in [1.165, 1.54) is 29.3 Å². The minimum absolute atomic E-state index is 0.131. The van der Waals surface area contributed by atoms with Crippen LogP contribution in [-0.4, -0.2) is 35.0 Å². The number of benzene rings is 1. The molecule has 0 spiro atoms. The monoisotopic (exact) mass is 413 g/mol. The second-order valence-electron chi connectivity index (χ2n) is 7.37. The number of sulfonamides is 1. The molecule has 2 N–H and O–H groups in total. The molecule has 2 aromatic heterocycles. The molecule has 0 aliphatic heterocycles. The number of anilines is 1. The molecule has 0 bridgehead atoms. The molecule has 8 nitrogen and oxygen atoms in total. The topological polar surface area (TPSA) is 105 Å². The predicted octanol–water partition coefficient (Wildman–Crippen LogP) is 2.90. The van der Waals surface area contributed by atoms with E-state index >= 15 is 0 Å². The zero-order valence-electron chi connectivity index (χ0n) is 16.1. The third-order valence-corrected chi connectivity index (χ3v) is 6.45. The van der Waals surface area contributed by atoms with Gasteiger partial charge in [0.05, 0.1) is 11.1 Å². The predicted molar refractivity (Wildman–Crippen MR) is 109 cm³/mol. The average Bonchev–Trinajstić information content (AvgIpc) is 3.12. The highest BCUT2D eigenvalue weighted by atomic mass is 32.2. The van der Waals surface area contributed by atoms with Gasteiger partial charge in [0.1, 0.15) is 11.4 Å². The number of fused-ring (bicyclic) bond motifs is 1. The van der Waals surface area contributed by atoms with Crippen LogP contribution in [0.2, 0.25) is 0 Å². The molecule has 0 saturated heterocycles. The average molecular weight is 414 g/mol. The molecule has 0 unspecified atom stereocenters. The third kappa shape index (κ3) is 4.24. The number of nitrogens with one attached hydrogen (secondary N) is 2. The first kappa shape index (κ1) is 19.4. The lowest BCUT2D eigenvalue weighted by molar-refractivity contribution is 0.0929. The first-order valence-electron chi connectivity index (χ1n) is 9.67.